The Morgan fingerprint density at radius 2 is 1.83 bits per heavy atom. The third-order valence-corrected chi connectivity index (χ3v) is 4.11. The van der Waals surface area contributed by atoms with Gasteiger partial charge in [0, 0.05) is 22.0 Å². The molecule has 0 unspecified atom stereocenters. The minimum atomic E-state index is -0.866. The fourth-order valence-electron chi connectivity index (χ4n) is 2.38. The van der Waals surface area contributed by atoms with E-state index in [1.165, 1.54) is 0 Å². The lowest BCUT2D eigenvalue weighted by Gasteiger charge is -2.15. The first-order valence-electron chi connectivity index (χ1n) is 7.40. The molecule has 3 amide bonds. The number of rotatable bonds is 6. The van der Waals surface area contributed by atoms with Crippen molar-refractivity contribution >= 4 is 35.1 Å². The lowest BCUT2D eigenvalue weighted by molar-refractivity contribution is -0.682. The van der Waals surface area contributed by atoms with Gasteiger partial charge in [0.15, 0.2) is 6.04 Å². The van der Waals surface area contributed by atoms with E-state index in [-0.39, 0.29) is 0 Å². The third kappa shape index (κ3) is 5.23. The highest BCUT2D eigenvalue weighted by Crippen LogP contribution is 2.21. The van der Waals surface area contributed by atoms with Gasteiger partial charge in [0.2, 0.25) is 0 Å². The predicted octanol–water partition coefficient (Wildman–Crippen LogP) is 2.04. The quantitative estimate of drug-likeness (QED) is 0.730. The van der Waals surface area contributed by atoms with Crippen molar-refractivity contribution in [2.75, 3.05) is 6.54 Å². The molecule has 2 aromatic rings. The second kappa shape index (κ2) is 8.68. The molecule has 2 rings (SSSR count). The molecule has 0 aromatic heterocycles. The number of carbonyl (C=O) groups is 2. The summed E-state index contributed by atoms with van der Waals surface area (Å²) >= 11 is 12.0. The topological polar surface area (TPSA) is 88.8 Å². The Morgan fingerprint density at radius 1 is 1.12 bits per heavy atom. The number of halogens is 2. The van der Waals surface area contributed by atoms with Crippen molar-refractivity contribution in [2.24, 2.45) is 5.73 Å². The van der Waals surface area contributed by atoms with Gasteiger partial charge in [0.05, 0.1) is 6.54 Å². The van der Waals surface area contributed by atoms with Crippen molar-refractivity contribution in [2.45, 2.75) is 12.5 Å². The largest absolute Gasteiger partial charge is 0.351 e. The molecule has 5 nitrogen and oxygen atoms in total. The maximum Gasteiger partial charge on any atom is 0.319 e. The lowest BCUT2D eigenvalue weighted by Crippen LogP contribution is -2.88. The summed E-state index contributed by atoms with van der Waals surface area (Å²) in [6.45, 7) is 0.604. The van der Waals surface area contributed by atoms with Crippen LogP contribution < -0.4 is 16.4 Å². The smallest absolute Gasteiger partial charge is 0.319 e. The van der Waals surface area contributed by atoms with E-state index >= 15 is 0 Å². The highest BCUT2D eigenvalue weighted by molar-refractivity contribution is 6.35. The van der Waals surface area contributed by atoms with Crippen LogP contribution in [0.3, 0.4) is 0 Å². The van der Waals surface area contributed by atoms with E-state index in [0.717, 1.165) is 11.1 Å². The van der Waals surface area contributed by atoms with Gasteiger partial charge in [-0.1, -0.05) is 59.6 Å². The first-order chi connectivity index (χ1) is 11.5. The average Bonchev–Trinajstić information content (AvgIpc) is 2.53. The van der Waals surface area contributed by atoms with Crippen molar-refractivity contribution in [1.29, 1.82) is 0 Å². The molecular formula is C17H18Cl2N3O2+. The van der Waals surface area contributed by atoms with Gasteiger partial charge >= 0.3 is 6.03 Å². The number of benzene rings is 2. The molecule has 0 aliphatic carbocycles. The van der Waals surface area contributed by atoms with E-state index < -0.39 is 18.0 Å². The Labute approximate surface area is 150 Å². The van der Waals surface area contributed by atoms with Gasteiger partial charge in [-0.2, -0.15) is 0 Å². The molecule has 0 heterocycles. The lowest BCUT2D eigenvalue weighted by atomic mass is 10.1. The summed E-state index contributed by atoms with van der Waals surface area (Å²) < 4.78 is 0. The number of urea groups is 1. The van der Waals surface area contributed by atoms with Crippen molar-refractivity contribution in [3.63, 3.8) is 0 Å². The SMILES string of the molecule is NC(=O)NC(=O)[C@@H]([NH2+]CCc1ccc(Cl)cc1Cl)c1ccccc1. The number of amides is 3. The van der Waals surface area contributed by atoms with Crippen LogP contribution in [0.2, 0.25) is 10.0 Å². The number of hydrogen-bond acceptors (Lipinski definition) is 2. The maximum absolute atomic E-state index is 12.2. The zero-order valence-corrected chi connectivity index (χ0v) is 14.3. The van der Waals surface area contributed by atoms with Crippen LogP contribution >= 0.6 is 23.2 Å². The molecule has 5 N–H and O–H groups in total. The van der Waals surface area contributed by atoms with Crippen LogP contribution in [0.25, 0.3) is 0 Å². The molecule has 0 aliphatic heterocycles. The molecular weight excluding hydrogens is 349 g/mol. The maximum atomic E-state index is 12.2. The molecule has 7 heteroatoms. The van der Waals surface area contributed by atoms with Crippen molar-refractivity contribution in [1.82, 2.24) is 5.32 Å². The van der Waals surface area contributed by atoms with Crippen molar-refractivity contribution in [3.8, 4) is 0 Å². The summed E-state index contributed by atoms with van der Waals surface area (Å²) in [6, 6.07) is 13.1. The van der Waals surface area contributed by atoms with E-state index in [2.05, 4.69) is 5.32 Å². The van der Waals surface area contributed by atoms with Gasteiger partial charge in [-0.3, -0.25) is 10.1 Å². The van der Waals surface area contributed by atoms with Gasteiger partial charge < -0.3 is 11.1 Å². The molecule has 24 heavy (non-hydrogen) atoms. The molecule has 0 saturated heterocycles. The first-order valence-corrected chi connectivity index (χ1v) is 8.15. The van der Waals surface area contributed by atoms with Crippen LogP contribution in [-0.2, 0) is 11.2 Å². The Balaban J connectivity index is 2.05. The fraction of sp³-hybridized carbons (Fsp3) is 0.176. The Hall–Kier alpha value is -2.08. The minimum absolute atomic E-state index is 0.448. The number of nitrogens with one attached hydrogen (secondary N) is 1. The number of hydrogen-bond donors (Lipinski definition) is 3. The predicted molar refractivity (Wildman–Crippen MR) is 93.9 cm³/mol. The molecule has 1 atom stereocenters. The van der Waals surface area contributed by atoms with E-state index in [9.17, 15) is 9.59 Å². The van der Waals surface area contributed by atoms with Gasteiger partial charge in [0.25, 0.3) is 5.91 Å². The zero-order valence-electron chi connectivity index (χ0n) is 12.8. The summed E-state index contributed by atoms with van der Waals surface area (Å²) in [7, 11) is 0. The second-order valence-corrected chi connectivity index (χ2v) is 6.10. The molecule has 0 aliphatic rings. The Kier molecular flexibility index (Phi) is 6.61. The van der Waals surface area contributed by atoms with Gasteiger partial charge in [-0.05, 0) is 17.7 Å². The van der Waals surface area contributed by atoms with Crippen LogP contribution in [0.5, 0.6) is 0 Å². The molecule has 0 bridgehead atoms. The van der Waals surface area contributed by atoms with E-state index in [4.69, 9.17) is 28.9 Å². The number of nitrogens with two attached hydrogens (primary N) is 2. The molecule has 0 fully saturated rings. The zero-order chi connectivity index (χ0) is 17.5. The van der Waals surface area contributed by atoms with Gasteiger partial charge in [-0.15, -0.1) is 0 Å². The summed E-state index contributed by atoms with van der Waals surface area (Å²) in [6.07, 6.45) is 0.656. The third-order valence-electron chi connectivity index (χ3n) is 3.52. The Morgan fingerprint density at radius 3 is 2.46 bits per heavy atom. The van der Waals surface area contributed by atoms with Gasteiger partial charge in [0.1, 0.15) is 0 Å². The van der Waals surface area contributed by atoms with Crippen LogP contribution in [0.15, 0.2) is 48.5 Å². The van der Waals surface area contributed by atoms with E-state index in [1.807, 2.05) is 41.7 Å². The number of primary amides is 1. The van der Waals surface area contributed by atoms with Crippen LogP contribution in [0.1, 0.15) is 17.2 Å². The van der Waals surface area contributed by atoms with Gasteiger partial charge in [-0.25, -0.2) is 4.79 Å². The summed E-state index contributed by atoms with van der Waals surface area (Å²) in [5, 5.41) is 5.15. The summed E-state index contributed by atoms with van der Waals surface area (Å²) in [4.78, 5) is 23.2. The van der Waals surface area contributed by atoms with Crippen molar-refractivity contribution < 1.29 is 14.9 Å². The summed E-state index contributed by atoms with van der Waals surface area (Å²) in [5.41, 5.74) is 6.78. The molecule has 0 radical (unpaired) electrons. The molecule has 0 spiro atoms. The molecule has 0 saturated carbocycles. The monoisotopic (exact) mass is 366 g/mol. The van der Waals surface area contributed by atoms with Crippen LogP contribution in [-0.4, -0.2) is 18.5 Å². The highest BCUT2D eigenvalue weighted by Gasteiger charge is 2.24. The minimum Gasteiger partial charge on any atom is -0.351 e. The number of quaternary nitrogens is 1. The number of imide groups is 1. The number of carbonyl (C=O) groups excluding carboxylic acids is 2. The van der Waals surface area contributed by atoms with Crippen molar-refractivity contribution in [3.05, 3.63) is 69.7 Å². The summed E-state index contributed by atoms with van der Waals surface area (Å²) in [5.74, 6) is -0.448. The second-order valence-electron chi connectivity index (χ2n) is 5.25. The highest BCUT2D eigenvalue weighted by atomic mass is 35.5. The molecule has 126 valence electrons. The normalized spacial score (nSPS) is 11.8. The molecule has 2 aromatic carbocycles. The first kappa shape index (κ1) is 18.3. The fourth-order valence-corrected chi connectivity index (χ4v) is 2.89. The average molecular weight is 367 g/mol. The van der Waals surface area contributed by atoms with E-state index in [0.29, 0.717) is 23.0 Å². The standard InChI is InChI=1S/C17H17Cl2N3O2/c18-13-7-6-11(14(19)10-13)8-9-21-15(16(23)22-17(20)24)12-4-2-1-3-5-12/h1-7,10,15,21H,8-9H2,(H3,20,22,23,24)/p+1/t15-/m0/s1. The van der Waals surface area contributed by atoms with Crippen LogP contribution in [0, 0.1) is 0 Å². The Bertz CT molecular complexity index is 723. The van der Waals surface area contributed by atoms with Crippen LogP contribution in [0.4, 0.5) is 4.79 Å². The van der Waals surface area contributed by atoms with E-state index in [1.54, 1.807) is 12.1 Å².